The van der Waals surface area contributed by atoms with Crippen molar-refractivity contribution in [1.29, 1.82) is 5.26 Å². The highest BCUT2D eigenvalue weighted by atomic mass is 16.2. The molecule has 19 heavy (non-hydrogen) atoms. The van der Waals surface area contributed by atoms with Gasteiger partial charge in [-0.05, 0) is 18.4 Å². The van der Waals surface area contributed by atoms with E-state index < -0.39 is 5.92 Å². The van der Waals surface area contributed by atoms with Crippen molar-refractivity contribution in [2.24, 2.45) is 0 Å². The molecule has 1 aromatic carbocycles. The molecular formula is C16H20N2O. The number of hydrogen-bond acceptors (Lipinski definition) is 2. The summed E-state index contributed by atoms with van der Waals surface area (Å²) in [5, 5.41) is 9.31. The zero-order valence-electron chi connectivity index (χ0n) is 11.2. The topological polar surface area (TPSA) is 44.1 Å². The summed E-state index contributed by atoms with van der Waals surface area (Å²) in [6.45, 7) is 1.59. The SMILES string of the molecule is N#CC(C(=O)N1CCCCCCC1)c1ccccc1. The van der Waals surface area contributed by atoms with E-state index in [1.165, 1.54) is 19.3 Å². The highest BCUT2D eigenvalue weighted by Crippen LogP contribution is 2.20. The van der Waals surface area contributed by atoms with Gasteiger partial charge in [0.1, 0.15) is 5.92 Å². The standard InChI is InChI=1S/C16H20N2O/c17-13-15(14-9-5-4-6-10-14)16(19)18-11-7-2-1-3-8-12-18/h4-6,9-10,15H,1-3,7-8,11-12H2. The quantitative estimate of drug-likeness (QED) is 0.816. The van der Waals surface area contributed by atoms with Gasteiger partial charge in [-0.2, -0.15) is 5.26 Å². The lowest BCUT2D eigenvalue weighted by molar-refractivity contribution is -0.131. The van der Waals surface area contributed by atoms with Crippen molar-refractivity contribution < 1.29 is 4.79 Å². The third kappa shape index (κ3) is 3.57. The first-order valence-electron chi connectivity index (χ1n) is 7.06. The van der Waals surface area contributed by atoms with E-state index >= 15 is 0 Å². The van der Waals surface area contributed by atoms with E-state index in [4.69, 9.17) is 0 Å². The Morgan fingerprint density at radius 3 is 2.21 bits per heavy atom. The summed E-state index contributed by atoms with van der Waals surface area (Å²) in [5.74, 6) is -0.684. The van der Waals surface area contributed by atoms with Gasteiger partial charge in [0, 0.05) is 13.1 Å². The lowest BCUT2D eigenvalue weighted by atomic mass is 9.98. The van der Waals surface area contributed by atoms with Gasteiger partial charge in [0.05, 0.1) is 6.07 Å². The fraction of sp³-hybridized carbons (Fsp3) is 0.500. The number of amides is 1. The van der Waals surface area contributed by atoms with Crippen LogP contribution in [-0.4, -0.2) is 23.9 Å². The van der Waals surface area contributed by atoms with Crippen LogP contribution in [-0.2, 0) is 4.79 Å². The number of rotatable bonds is 2. The number of carbonyl (C=O) groups excluding carboxylic acids is 1. The Labute approximate surface area is 114 Å². The molecule has 1 aliphatic rings. The molecule has 1 fully saturated rings. The molecule has 1 amide bonds. The fourth-order valence-corrected chi connectivity index (χ4v) is 2.57. The lowest BCUT2D eigenvalue weighted by Gasteiger charge is -2.26. The van der Waals surface area contributed by atoms with Crippen LogP contribution >= 0.6 is 0 Å². The van der Waals surface area contributed by atoms with Gasteiger partial charge in [-0.25, -0.2) is 0 Å². The van der Waals surface area contributed by atoms with Crippen molar-refractivity contribution in [2.75, 3.05) is 13.1 Å². The third-order valence-electron chi connectivity index (χ3n) is 3.68. The Hall–Kier alpha value is -1.82. The van der Waals surface area contributed by atoms with Crippen LogP contribution in [0.4, 0.5) is 0 Å². The van der Waals surface area contributed by atoms with Gasteiger partial charge < -0.3 is 4.90 Å². The van der Waals surface area contributed by atoms with Crippen LogP contribution in [0.25, 0.3) is 0 Å². The minimum Gasteiger partial charge on any atom is -0.341 e. The summed E-state index contributed by atoms with van der Waals surface area (Å²) < 4.78 is 0. The molecule has 0 aromatic heterocycles. The Bertz CT molecular complexity index is 442. The van der Waals surface area contributed by atoms with Gasteiger partial charge in [0.2, 0.25) is 5.91 Å². The summed E-state index contributed by atoms with van der Waals surface area (Å²) in [5.41, 5.74) is 0.803. The summed E-state index contributed by atoms with van der Waals surface area (Å²) in [4.78, 5) is 14.4. The second kappa shape index (κ2) is 6.94. The minimum absolute atomic E-state index is 0.0319. The molecular weight excluding hydrogens is 236 g/mol. The highest BCUT2D eigenvalue weighted by molar-refractivity contribution is 5.86. The molecule has 0 saturated carbocycles. The number of hydrogen-bond donors (Lipinski definition) is 0. The van der Waals surface area contributed by atoms with Crippen LogP contribution < -0.4 is 0 Å². The molecule has 1 atom stereocenters. The van der Waals surface area contributed by atoms with Gasteiger partial charge in [-0.15, -0.1) is 0 Å². The van der Waals surface area contributed by atoms with Crippen LogP contribution in [0.3, 0.4) is 0 Å². The molecule has 1 unspecified atom stereocenters. The zero-order valence-corrected chi connectivity index (χ0v) is 11.2. The second-order valence-corrected chi connectivity index (χ2v) is 5.07. The van der Waals surface area contributed by atoms with E-state index in [1.807, 2.05) is 35.2 Å². The van der Waals surface area contributed by atoms with Gasteiger partial charge >= 0.3 is 0 Å². The Balaban J connectivity index is 2.09. The van der Waals surface area contributed by atoms with Gasteiger partial charge in [0.15, 0.2) is 0 Å². The molecule has 1 aromatic rings. The fourth-order valence-electron chi connectivity index (χ4n) is 2.57. The first-order chi connectivity index (χ1) is 9.33. The molecule has 1 aliphatic heterocycles. The van der Waals surface area contributed by atoms with Crippen LogP contribution in [0.5, 0.6) is 0 Å². The molecule has 0 spiro atoms. The van der Waals surface area contributed by atoms with Crippen LogP contribution in [0.15, 0.2) is 30.3 Å². The van der Waals surface area contributed by atoms with Crippen LogP contribution in [0, 0.1) is 11.3 Å². The number of nitrogens with zero attached hydrogens (tertiary/aromatic N) is 2. The second-order valence-electron chi connectivity index (χ2n) is 5.07. The van der Waals surface area contributed by atoms with Gasteiger partial charge in [-0.3, -0.25) is 4.79 Å². The zero-order chi connectivity index (χ0) is 13.5. The number of carbonyl (C=O) groups is 1. The van der Waals surface area contributed by atoms with Crippen LogP contribution in [0.1, 0.15) is 43.6 Å². The van der Waals surface area contributed by atoms with E-state index in [0.717, 1.165) is 31.5 Å². The first-order valence-corrected chi connectivity index (χ1v) is 7.06. The van der Waals surface area contributed by atoms with Crippen molar-refractivity contribution in [3.8, 4) is 6.07 Å². The molecule has 1 saturated heterocycles. The Morgan fingerprint density at radius 1 is 1.05 bits per heavy atom. The predicted molar refractivity (Wildman–Crippen MR) is 74.5 cm³/mol. The smallest absolute Gasteiger partial charge is 0.244 e. The average molecular weight is 256 g/mol. The Morgan fingerprint density at radius 2 is 1.63 bits per heavy atom. The number of benzene rings is 1. The van der Waals surface area contributed by atoms with Crippen molar-refractivity contribution in [3.05, 3.63) is 35.9 Å². The average Bonchev–Trinajstić information content (AvgIpc) is 2.40. The van der Waals surface area contributed by atoms with Gasteiger partial charge in [-0.1, -0.05) is 49.6 Å². The largest absolute Gasteiger partial charge is 0.341 e. The minimum atomic E-state index is -0.652. The van der Waals surface area contributed by atoms with Crippen molar-refractivity contribution >= 4 is 5.91 Å². The third-order valence-corrected chi connectivity index (χ3v) is 3.68. The predicted octanol–water partition coefficient (Wildman–Crippen LogP) is 3.09. The summed E-state index contributed by atoms with van der Waals surface area (Å²) >= 11 is 0. The molecule has 0 bridgehead atoms. The maximum absolute atomic E-state index is 12.5. The van der Waals surface area contributed by atoms with Crippen molar-refractivity contribution in [2.45, 2.75) is 38.0 Å². The molecule has 100 valence electrons. The van der Waals surface area contributed by atoms with E-state index in [9.17, 15) is 10.1 Å². The lowest BCUT2D eigenvalue weighted by Crippen LogP contribution is -2.37. The van der Waals surface area contributed by atoms with E-state index in [0.29, 0.717) is 0 Å². The molecule has 0 aliphatic carbocycles. The highest BCUT2D eigenvalue weighted by Gasteiger charge is 2.25. The maximum Gasteiger partial charge on any atom is 0.244 e. The molecule has 0 radical (unpaired) electrons. The van der Waals surface area contributed by atoms with E-state index in [1.54, 1.807) is 0 Å². The molecule has 1 heterocycles. The van der Waals surface area contributed by atoms with Crippen molar-refractivity contribution in [3.63, 3.8) is 0 Å². The molecule has 2 rings (SSSR count). The first kappa shape index (κ1) is 13.6. The normalized spacial score (nSPS) is 17.9. The molecule has 3 heteroatoms. The number of nitriles is 1. The van der Waals surface area contributed by atoms with Crippen molar-refractivity contribution in [1.82, 2.24) is 4.90 Å². The van der Waals surface area contributed by atoms with E-state index in [-0.39, 0.29) is 5.91 Å². The van der Waals surface area contributed by atoms with E-state index in [2.05, 4.69) is 6.07 Å². The summed E-state index contributed by atoms with van der Waals surface area (Å²) in [7, 11) is 0. The molecule has 3 nitrogen and oxygen atoms in total. The summed E-state index contributed by atoms with van der Waals surface area (Å²) in [6.07, 6.45) is 5.75. The molecule has 0 N–H and O–H groups in total. The van der Waals surface area contributed by atoms with Crippen LogP contribution in [0.2, 0.25) is 0 Å². The monoisotopic (exact) mass is 256 g/mol. The van der Waals surface area contributed by atoms with Gasteiger partial charge in [0.25, 0.3) is 0 Å². The summed E-state index contributed by atoms with van der Waals surface area (Å²) in [6, 6.07) is 11.5. The number of likely N-dealkylation sites (tertiary alicyclic amines) is 1. The Kier molecular flexibility index (Phi) is 4.97. The maximum atomic E-state index is 12.5.